The van der Waals surface area contributed by atoms with E-state index < -0.39 is 0 Å². The van der Waals surface area contributed by atoms with Crippen LogP contribution in [0.2, 0.25) is 0 Å². The number of aliphatic imine (C=N–C) groups is 1. The van der Waals surface area contributed by atoms with Crippen LogP contribution in [0.5, 0.6) is 0 Å². The molecule has 0 radical (unpaired) electrons. The number of nitrogens with one attached hydrogen (secondary N) is 2. The second-order valence-corrected chi connectivity index (χ2v) is 11.3. The summed E-state index contributed by atoms with van der Waals surface area (Å²) in [5, 5.41) is 9.52. The molecule has 0 bridgehead atoms. The molecule has 1 aliphatic rings. The quantitative estimate of drug-likeness (QED) is 0.181. The van der Waals surface area contributed by atoms with Crippen molar-refractivity contribution in [2.45, 2.75) is 26.8 Å². The lowest BCUT2D eigenvalue weighted by Crippen LogP contribution is -2.48. The summed E-state index contributed by atoms with van der Waals surface area (Å²) in [6.45, 7) is 12.4. The fourth-order valence-electron chi connectivity index (χ4n) is 4.54. The Hall–Kier alpha value is -4.09. The number of rotatable bonds is 9. The van der Waals surface area contributed by atoms with Crippen LogP contribution in [-0.2, 0) is 0 Å². The van der Waals surface area contributed by atoms with Gasteiger partial charge in [-0.25, -0.2) is 15.0 Å². The van der Waals surface area contributed by atoms with Crippen molar-refractivity contribution in [3.8, 4) is 10.6 Å². The van der Waals surface area contributed by atoms with Crippen LogP contribution in [0.25, 0.3) is 20.8 Å². The van der Waals surface area contributed by atoms with Gasteiger partial charge in [-0.05, 0) is 51.8 Å². The summed E-state index contributed by atoms with van der Waals surface area (Å²) in [5.41, 5.74) is 7.10. The number of fused-ring (bicyclic) bond motifs is 1. The van der Waals surface area contributed by atoms with Gasteiger partial charge >= 0.3 is 0 Å². The van der Waals surface area contributed by atoms with Crippen molar-refractivity contribution in [1.82, 2.24) is 24.8 Å². The van der Waals surface area contributed by atoms with Crippen molar-refractivity contribution in [3.05, 3.63) is 71.1 Å². The van der Waals surface area contributed by atoms with Crippen LogP contribution in [0.3, 0.4) is 0 Å². The maximum Gasteiger partial charge on any atom is 0.273 e. The number of hydrogen-bond acceptors (Lipinski definition) is 10. The fraction of sp³-hybridized carbons (Fsp3) is 0.276. The summed E-state index contributed by atoms with van der Waals surface area (Å²) < 4.78 is 1.12. The van der Waals surface area contributed by atoms with E-state index in [0.717, 1.165) is 56.8 Å². The topological polar surface area (TPSA) is 98.6 Å². The van der Waals surface area contributed by atoms with Crippen molar-refractivity contribution in [3.63, 3.8) is 0 Å². The number of hydrogen-bond donors (Lipinski definition) is 2. The van der Waals surface area contributed by atoms with Crippen LogP contribution < -0.4 is 10.6 Å². The first-order valence-electron chi connectivity index (χ1n) is 13.1. The van der Waals surface area contributed by atoms with Crippen molar-refractivity contribution < 1.29 is 4.79 Å². The van der Waals surface area contributed by atoms with E-state index in [0.29, 0.717) is 18.8 Å². The third kappa shape index (κ3) is 6.21. The van der Waals surface area contributed by atoms with Crippen LogP contribution in [0.1, 0.15) is 31.3 Å². The molecule has 1 aromatic carbocycles. The third-order valence-electron chi connectivity index (χ3n) is 6.48. The number of carbonyl (C=O) groups excluding carboxylic acids is 1. The molecule has 1 amide bonds. The molecule has 40 heavy (non-hydrogen) atoms. The van der Waals surface area contributed by atoms with E-state index in [4.69, 9.17) is 4.98 Å². The van der Waals surface area contributed by atoms with E-state index in [-0.39, 0.29) is 11.9 Å². The smallest absolute Gasteiger partial charge is 0.273 e. The number of pyridine rings is 1. The fourth-order valence-corrected chi connectivity index (χ4v) is 6.08. The van der Waals surface area contributed by atoms with Crippen molar-refractivity contribution in [1.29, 1.82) is 0 Å². The van der Waals surface area contributed by atoms with Crippen LogP contribution in [0, 0.1) is 0 Å². The maximum atomic E-state index is 13.3. The molecule has 5 rings (SSSR count). The molecule has 9 nitrogen and oxygen atoms in total. The normalized spacial score (nSPS) is 14.3. The van der Waals surface area contributed by atoms with Gasteiger partial charge in [0.2, 0.25) is 0 Å². The van der Waals surface area contributed by atoms with Crippen LogP contribution >= 0.6 is 22.7 Å². The summed E-state index contributed by atoms with van der Waals surface area (Å²) in [7, 11) is 0. The molecule has 1 saturated heterocycles. The average molecular weight is 573 g/mol. The SMILES string of the molecule is C=NC=CC(=CC)N1CCN(C(=O)c2csc(-c3cnc(Nc4ccc5ncsc5c4)cc3NC(C)C)n2)CC1. The zero-order valence-electron chi connectivity index (χ0n) is 22.8. The lowest BCUT2D eigenvalue weighted by atomic mass is 10.2. The van der Waals surface area contributed by atoms with Gasteiger partial charge in [0.15, 0.2) is 0 Å². The summed E-state index contributed by atoms with van der Waals surface area (Å²) in [4.78, 5) is 35.0. The van der Waals surface area contributed by atoms with Crippen LogP contribution in [0.15, 0.2) is 70.4 Å². The van der Waals surface area contributed by atoms with E-state index in [1.165, 1.54) is 11.3 Å². The average Bonchev–Trinajstić information content (AvgIpc) is 3.63. The number of nitrogens with zero attached hydrogens (tertiary/aromatic N) is 6. The first-order chi connectivity index (χ1) is 19.4. The van der Waals surface area contributed by atoms with E-state index in [1.54, 1.807) is 17.5 Å². The number of carbonyl (C=O) groups is 1. The second-order valence-electron chi connectivity index (χ2n) is 9.60. The number of amides is 1. The Bertz CT molecular complexity index is 1560. The molecule has 1 fully saturated rings. The van der Waals surface area contributed by atoms with Gasteiger partial charge in [0.1, 0.15) is 16.5 Å². The summed E-state index contributed by atoms with van der Waals surface area (Å²) in [6.07, 6.45) is 7.48. The minimum Gasteiger partial charge on any atom is -0.382 e. The highest BCUT2D eigenvalue weighted by Gasteiger charge is 2.25. The predicted molar refractivity (Wildman–Crippen MR) is 167 cm³/mol. The zero-order valence-corrected chi connectivity index (χ0v) is 24.4. The number of thiazole rings is 2. The molecular formula is C29H32N8OS2. The minimum atomic E-state index is -0.0458. The molecule has 206 valence electrons. The first-order valence-corrected chi connectivity index (χ1v) is 14.9. The van der Waals surface area contributed by atoms with E-state index in [2.05, 4.69) is 57.1 Å². The number of aromatic nitrogens is 3. The highest BCUT2D eigenvalue weighted by molar-refractivity contribution is 7.16. The molecule has 0 unspecified atom stereocenters. The number of allylic oxidation sites excluding steroid dienone is 2. The Kier molecular flexibility index (Phi) is 8.51. The first kappa shape index (κ1) is 27.5. The van der Waals surface area contributed by atoms with E-state index in [9.17, 15) is 4.79 Å². The Morgan fingerprint density at radius 3 is 2.67 bits per heavy atom. The number of anilines is 3. The number of piperazine rings is 1. The predicted octanol–water partition coefficient (Wildman–Crippen LogP) is 6.25. The zero-order chi connectivity index (χ0) is 28.1. The molecular weight excluding hydrogens is 541 g/mol. The van der Waals surface area contributed by atoms with Gasteiger partial charge in [0.05, 0.1) is 21.3 Å². The lowest BCUT2D eigenvalue weighted by molar-refractivity contribution is 0.0667. The molecule has 4 heterocycles. The number of benzene rings is 1. The molecule has 0 atom stereocenters. The van der Waals surface area contributed by atoms with Gasteiger partial charge in [-0.3, -0.25) is 9.79 Å². The molecule has 11 heteroatoms. The highest BCUT2D eigenvalue weighted by Crippen LogP contribution is 2.33. The molecule has 0 saturated carbocycles. The molecule has 1 aliphatic heterocycles. The molecule has 3 aromatic heterocycles. The Balaban J connectivity index is 1.31. The molecule has 4 aromatic rings. The van der Waals surface area contributed by atoms with Gasteiger partial charge in [0.25, 0.3) is 5.91 Å². The lowest BCUT2D eigenvalue weighted by Gasteiger charge is -2.36. The van der Waals surface area contributed by atoms with Gasteiger partial charge in [-0.2, -0.15) is 0 Å². The second kappa shape index (κ2) is 12.4. The molecule has 0 spiro atoms. The monoisotopic (exact) mass is 572 g/mol. The van der Waals surface area contributed by atoms with Gasteiger partial charge in [0, 0.05) is 73.1 Å². The third-order valence-corrected chi connectivity index (χ3v) is 8.15. The molecule has 0 aliphatic carbocycles. The minimum absolute atomic E-state index is 0.0458. The van der Waals surface area contributed by atoms with E-state index in [1.807, 2.05) is 59.3 Å². The van der Waals surface area contributed by atoms with Crippen LogP contribution in [-0.4, -0.2) is 69.6 Å². The Morgan fingerprint density at radius 2 is 1.93 bits per heavy atom. The van der Waals surface area contributed by atoms with Gasteiger partial charge < -0.3 is 20.4 Å². The highest BCUT2D eigenvalue weighted by atomic mass is 32.1. The Morgan fingerprint density at radius 1 is 1.12 bits per heavy atom. The Labute approximate surface area is 242 Å². The van der Waals surface area contributed by atoms with Crippen molar-refractivity contribution >= 4 is 62.7 Å². The maximum absolute atomic E-state index is 13.3. The van der Waals surface area contributed by atoms with Crippen LogP contribution in [0.4, 0.5) is 17.2 Å². The van der Waals surface area contributed by atoms with E-state index >= 15 is 0 Å². The summed E-state index contributed by atoms with van der Waals surface area (Å²) in [6, 6.07) is 8.27. The molecule has 2 N–H and O–H groups in total. The summed E-state index contributed by atoms with van der Waals surface area (Å²) in [5.74, 6) is 0.677. The summed E-state index contributed by atoms with van der Waals surface area (Å²) >= 11 is 3.07. The largest absolute Gasteiger partial charge is 0.382 e. The van der Waals surface area contributed by atoms with Crippen molar-refractivity contribution in [2.75, 3.05) is 36.8 Å². The van der Waals surface area contributed by atoms with Crippen molar-refractivity contribution in [2.24, 2.45) is 4.99 Å². The van der Waals surface area contributed by atoms with Gasteiger partial charge in [-0.1, -0.05) is 6.08 Å². The van der Waals surface area contributed by atoms with Gasteiger partial charge in [-0.15, -0.1) is 22.7 Å². The standard InChI is InChI=1S/C29H32N8OS2/c1-5-21(8-9-30-4)36-10-12-37(13-11-36)29(38)25-17-39-28(35-25)22-16-31-27(15-24(22)33-19(2)3)34-20-6-7-23-26(14-20)40-18-32-23/h5-9,14-19H,4,10-13H2,1-3H3,(H2,31,33,34).